The lowest BCUT2D eigenvalue weighted by Crippen LogP contribution is -2.50. The second-order valence-electron chi connectivity index (χ2n) is 8.58. The van der Waals surface area contributed by atoms with Crippen LogP contribution in [0.15, 0.2) is 78.9 Å². The highest BCUT2D eigenvalue weighted by atomic mass is 16.5. The van der Waals surface area contributed by atoms with E-state index in [2.05, 4.69) is 0 Å². The van der Waals surface area contributed by atoms with Crippen molar-refractivity contribution in [2.75, 3.05) is 33.3 Å². The normalized spacial score (nSPS) is 13.2. The zero-order valence-corrected chi connectivity index (χ0v) is 20.2. The van der Waals surface area contributed by atoms with Gasteiger partial charge in [-0.1, -0.05) is 66.7 Å². The van der Waals surface area contributed by atoms with Crippen molar-refractivity contribution in [2.24, 2.45) is 0 Å². The Balaban J connectivity index is 1.28. The number of amides is 2. The van der Waals surface area contributed by atoms with Crippen LogP contribution in [0.25, 0.3) is 11.1 Å². The van der Waals surface area contributed by atoms with E-state index < -0.39 is 5.97 Å². The van der Waals surface area contributed by atoms with Crippen molar-refractivity contribution < 1.29 is 23.9 Å². The van der Waals surface area contributed by atoms with Crippen LogP contribution in [0.3, 0.4) is 0 Å². The van der Waals surface area contributed by atoms with Crippen molar-refractivity contribution in [2.45, 2.75) is 12.8 Å². The van der Waals surface area contributed by atoms with Gasteiger partial charge in [-0.05, 0) is 23.3 Å². The van der Waals surface area contributed by atoms with Crippen molar-refractivity contribution in [1.29, 1.82) is 0 Å². The Morgan fingerprint density at radius 2 is 1.22 bits per heavy atom. The van der Waals surface area contributed by atoms with Crippen LogP contribution >= 0.6 is 0 Å². The van der Waals surface area contributed by atoms with Crippen molar-refractivity contribution in [3.05, 3.63) is 95.6 Å². The molecule has 3 aromatic rings. The number of piperazine rings is 1. The number of esters is 1. The fourth-order valence-corrected chi connectivity index (χ4v) is 4.29. The molecule has 0 radical (unpaired) electrons. The van der Waals surface area contributed by atoms with E-state index in [9.17, 15) is 19.2 Å². The lowest BCUT2D eigenvalue weighted by atomic mass is 10.0. The summed E-state index contributed by atoms with van der Waals surface area (Å²) in [7, 11) is 1.28. The number of methoxy groups -OCH3 is 1. The average molecular weight is 485 g/mol. The second kappa shape index (κ2) is 11.4. The first-order valence-electron chi connectivity index (χ1n) is 11.9. The summed E-state index contributed by atoms with van der Waals surface area (Å²) in [6.07, 6.45) is 0.257. The summed E-state index contributed by atoms with van der Waals surface area (Å²) < 4.78 is 4.78. The second-order valence-corrected chi connectivity index (χ2v) is 8.58. The number of Topliss-reactive ketones (excluding diaryl/α,β-unsaturated/α-hetero) is 1. The molecule has 2 amide bonds. The highest BCUT2D eigenvalue weighted by Gasteiger charge is 2.27. The van der Waals surface area contributed by atoms with E-state index in [0.29, 0.717) is 31.7 Å². The Morgan fingerprint density at radius 1 is 0.667 bits per heavy atom. The number of ketones is 1. The van der Waals surface area contributed by atoms with Crippen LogP contribution in [0.2, 0.25) is 0 Å². The zero-order valence-electron chi connectivity index (χ0n) is 20.2. The molecule has 0 N–H and O–H groups in total. The van der Waals surface area contributed by atoms with Crippen LogP contribution < -0.4 is 0 Å². The molecule has 0 saturated carbocycles. The minimum atomic E-state index is -0.563. The topological polar surface area (TPSA) is 84.0 Å². The first-order valence-corrected chi connectivity index (χ1v) is 11.9. The number of carbonyl (C=O) groups is 4. The lowest BCUT2D eigenvalue weighted by molar-refractivity contribution is -0.132. The molecule has 0 aliphatic carbocycles. The number of benzene rings is 3. The third kappa shape index (κ3) is 5.68. The molecule has 184 valence electrons. The molecule has 1 aliphatic rings. The Kier molecular flexibility index (Phi) is 7.90. The molecule has 36 heavy (non-hydrogen) atoms. The lowest BCUT2D eigenvalue weighted by Gasteiger charge is -2.35. The van der Waals surface area contributed by atoms with E-state index in [0.717, 1.165) is 11.1 Å². The van der Waals surface area contributed by atoms with Crippen molar-refractivity contribution in [3.8, 4) is 11.1 Å². The van der Waals surface area contributed by atoms with E-state index >= 15 is 0 Å². The molecule has 1 aliphatic heterocycles. The van der Waals surface area contributed by atoms with Gasteiger partial charge < -0.3 is 14.5 Å². The van der Waals surface area contributed by atoms with Crippen molar-refractivity contribution in [1.82, 2.24) is 9.80 Å². The van der Waals surface area contributed by atoms with E-state index in [-0.39, 0.29) is 41.6 Å². The monoisotopic (exact) mass is 484 g/mol. The number of nitrogens with zero attached hydrogens (tertiary/aromatic N) is 2. The van der Waals surface area contributed by atoms with Gasteiger partial charge in [-0.25, -0.2) is 4.79 Å². The summed E-state index contributed by atoms with van der Waals surface area (Å²) in [6, 6.07) is 23.9. The van der Waals surface area contributed by atoms with E-state index in [1.807, 2.05) is 42.5 Å². The number of carbonyl (C=O) groups excluding carboxylic acids is 4. The molecular weight excluding hydrogens is 456 g/mol. The first kappa shape index (κ1) is 24.9. The maximum absolute atomic E-state index is 13.0. The Labute approximate surface area is 210 Å². The summed E-state index contributed by atoms with van der Waals surface area (Å²) in [5.74, 6) is -1.01. The third-order valence-electron chi connectivity index (χ3n) is 6.36. The number of hydrogen-bond acceptors (Lipinski definition) is 5. The van der Waals surface area contributed by atoms with E-state index in [1.165, 1.54) is 7.11 Å². The summed E-state index contributed by atoms with van der Waals surface area (Å²) >= 11 is 0. The average Bonchev–Trinajstić information content (AvgIpc) is 2.95. The molecule has 1 saturated heterocycles. The maximum atomic E-state index is 13.0. The molecule has 7 heteroatoms. The number of ether oxygens (including phenoxy) is 1. The van der Waals surface area contributed by atoms with Gasteiger partial charge in [0.2, 0.25) is 5.91 Å². The minimum Gasteiger partial charge on any atom is -0.465 e. The van der Waals surface area contributed by atoms with Gasteiger partial charge in [-0.3, -0.25) is 14.4 Å². The predicted molar refractivity (Wildman–Crippen MR) is 136 cm³/mol. The quantitative estimate of drug-likeness (QED) is 0.373. The molecule has 3 aromatic carbocycles. The SMILES string of the molecule is COC(=O)c1ccccc1C(=O)N1CCN(C(=O)CCC(=O)c2ccc(-c3ccccc3)cc2)CC1. The van der Waals surface area contributed by atoms with Gasteiger partial charge >= 0.3 is 5.97 Å². The highest BCUT2D eigenvalue weighted by Crippen LogP contribution is 2.20. The summed E-state index contributed by atoms with van der Waals surface area (Å²) in [4.78, 5) is 53.6. The molecule has 4 rings (SSSR count). The fraction of sp³-hybridized carbons (Fsp3) is 0.241. The van der Waals surface area contributed by atoms with Crippen LogP contribution in [0, 0.1) is 0 Å². The Hall–Kier alpha value is -4.26. The molecule has 7 nitrogen and oxygen atoms in total. The first-order chi connectivity index (χ1) is 17.5. The van der Waals surface area contributed by atoms with Gasteiger partial charge in [0.25, 0.3) is 5.91 Å². The molecular formula is C29H28N2O5. The van der Waals surface area contributed by atoms with E-state index in [1.54, 1.807) is 46.2 Å². The van der Waals surface area contributed by atoms with Crippen LogP contribution in [-0.2, 0) is 9.53 Å². The van der Waals surface area contributed by atoms with Crippen molar-refractivity contribution >= 4 is 23.6 Å². The van der Waals surface area contributed by atoms with Gasteiger partial charge in [0.1, 0.15) is 0 Å². The smallest absolute Gasteiger partial charge is 0.338 e. The number of hydrogen-bond donors (Lipinski definition) is 0. The molecule has 1 fully saturated rings. The Bertz CT molecular complexity index is 1250. The molecule has 0 aromatic heterocycles. The zero-order chi connectivity index (χ0) is 25.5. The minimum absolute atomic E-state index is 0.0730. The predicted octanol–water partition coefficient (Wildman–Crippen LogP) is 4.09. The van der Waals surface area contributed by atoms with Gasteiger partial charge in [0, 0.05) is 44.6 Å². The van der Waals surface area contributed by atoms with Gasteiger partial charge in [0.05, 0.1) is 18.2 Å². The molecule has 0 atom stereocenters. The maximum Gasteiger partial charge on any atom is 0.338 e. The van der Waals surface area contributed by atoms with E-state index in [4.69, 9.17) is 4.74 Å². The van der Waals surface area contributed by atoms with Crippen molar-refractivity contribution in [3.63, 3.8) is 0 Å². The van der Waals surface area contributed by atoms with Crippen LogP contribution in [0.5, 0.6) is 0 Å². The third-order valence-corrected chi connectivity index (χ3v) is 6.36. The largest absolute Gasteiger partial charge is 0.465 e. The molecule has 0 spiro atoms. The fourth-order valence-electron chi connectivity index (χ4n) is 4.29. The summed E-state index contributed by atoms with van der Waals surface area (Å²) in [5, 5.41) is 0. The summed E-state index contributed by atoms with van der Waals surface area (Å²) in [6.45, 7) is 1.47. The Morgan fingerprint density at radius 3 is 1.86 bits per heavy atom. The summed E-state index contributed by atoms with van der Waals surface area (Å²) in [5.41, 5.74) is 3.21. The van der Waals surface area contributed by atoms with Gasteiger partial charge in [-0.15, -0.1) is 0 Å². The van der Waals surface area contributed by atoms with Gasteiger partial charge in [0.15, 0.2) is 5.78 Å². The molecule has 0 unspecified atom stereocenters. The molecule has 0 bridgehead atoms. The highest BCUT2D eigenvalue weighted by molar-refractivity contribution is 6.05. The standard InChI is InChI=1S/C29H28N2O5/c1-36-29(35)25-10-6-5-9-24(25)28(34)31-19-17-30(18-20-31)27(33)16-15-26(32)23-13-11-22(12-14-23)21-7-3-2-4-8-21/h2-14H,15-20H2,1H3. The number of rotatable bonds is 7. The van der Waals surface area contributed by atoms with Crippen LogP contribution in [0.1, 0.15) is 43.9 Å². The van der Waals surface area contributed by atoms with Gasteiger partial charge in [-0.2, -0.15) is 0 Å². The van der Waals surface area contributed by atoms with Crippen LogP contribution in [-0.4, -0.2) is 66.7 Å². The molecule has 1 heterocycles. The van der Waals surface area contributed by atoms with Crippen LogP contribution in [0.4, 0.5) is 0 Å².